The standard InChI is InChI=1S/C13H24N2/c1-4-9-15(12-6-7-12)10-5-8-13(2,3)11-14/h12H,4-10H2,1-3H3. The Hall–Kier alpha value is -0.550. The topological polar surface area (TPSA) is 27.0 Å². The van der Waals surface area contributed by atoms with Crippen LogP contribution in [-0.2, 0) is 0 Å². The minimum Gasteiger partial charge on any atom is -0.300 e. The first kappa shape index (κ1) is 12.5. The molecule has 1 fully saturated rings. The molecule has 86 valence electrons. The van der Waals surface area contributed by atoms with Crippen LogP contribution in [0.3, 0.4) is 0 Å². The van der Waals surface area contributed by atoms with E-state index >= 15 is 0 Å². The molecule has 0 aromatic heterocycles. The number of hydrogen-bond acceptors (Lipinski definition) is 2. The molecule has 0 aromatic rings. The van der Waals surface area contributed by atoms with Gasteiger partial charge in [0.15, 0.2) is 0 Å². The second kappa shape index (κ2) is 5.51. The second-order valence-corrected chi connectivity index (χ2v) is 5.37. The van der Waals surface area contributed by atoms with Gasteiger partial charge in [-0.25, -0.2) is 0 Å². The first-order valence-electron chi connectivity index (χ1n) is 6.24. The quantitative estimate of drug-likeness (QED) is 0.642. The monoisotopic (exact) mass is 208 g/mol. The van der Waals surface area contributed by atoms with Crippen LogP contribution in [0, 0.1) is 16.7 Å². The minimum absolute atomic E-state index is 0.137. The lowest BCUT2D eigenvalue weighted by molar-refractivity contribution is 0.247. The Bertz CT molecular complexity index is 223. The maximum absolute atomic E-state index is 8.92. The molecule has 0 aromatic carbocycles. The fraction of sp³-hybridized carbons (Fsp3) is 0.923. The van der Waals surface area contributed by atoms with Gasteiger partial charge in [-0.3, -0.25) is 0 Å². The largest absolute Gasteiger partial charge is 0.300 e. The number of hydrogen-bond donors (Lipinski definition) is 0. The molecule has 1 aliphatic rings. The van der Waals surface area contributed by atoms with Crippen LogP contribution in [0.5, 0.6) is 0 Å². The Morgan fingerprint density at radius 2 is 2.00 bits per heavy atom. The predicted molar refractivity (Wildman–Crippen MR) is 63.5 cm³/mol. The lowest BCUT2D eigenvalue weighted by Gasteiger charge is -2.23. The lowest BCUT2D eigenvalue weighted by Crippen LogP contribution is -2.28. The summed E-state index contributed by atoms with van der Waals surface area (Å²) in [6, 6.07) is 3.24. The van der Waals surface area contributed by atoms with Crippen LogP contribution in [-0.4, -0.2) is 24.0 Å². The maximum atomic E-state index is 8.92. The Balaban J connectivity index is 2.19. The van der Waals surface area contributed by atoms with E-state index in [4.69, 9.17) is 5.26 Å². The van der Waals surface area contributed by atoms with Gasteiger partial charge in [0, 0.05) is 6.04 Å². The lowest BCUT2D eigenvalue weighted by atomic mass is 9.90. The van der Waals surface area contributed by atoms with Crippen LogP contribution in [0.15, 0.2) is 0 Å². The van der Waals surface area contributed by atoms with Crippen LogP contribution < -0.4 is 0 Å². The highest BCUT2D eigenvalue weighted by molar-refractivity contribution is 4.92. The molecule has 0 aliphatic heterocycles. The van der Waals surface area contributed by atoms with Gasteiger partial charge >= 0.3 is 0 Å². The van der Waals surface area contributed by atoms with E-state index in [1.807, 2.05) is 13.8 Å². The first-order valence-corrected chi connectivity index (χ1v) is 6.24. The van der Waals surface area contributed by atoms with Crippen molar-refractivity contribution < 1.29 is 0 Å². The zero-order valence-electron chi connectivity index (χ0n) is 10.4. The third kappa shape index (κ3) is 4.66. The van der Waals surface area contributed by atoms with Gasteiger partial charge in [0.05, 0.1) is 11.5 Å². The SMILES string of the molecule is CCCN(CCCC(C)(C)C#N)C1CC1. The third-order valence-corrected chi connectivity index (χ3v) is 3.12. The number of rotatable bonds is 7. The van der Waals surface area contributed by atoms with Gasteiger partial charge in [-0.15, -0.1) is 0 Å². The van der Waals surface area contributed by atoms with Gasteiger partial charge in [0.2, 0.25) is 0 Å². The van der Waals surface area contributed by atoms with Gasteiger partial charge < -0.3 is 4.90 Å². The van der Waals surface area contributed by atoms with Crippen molar-refractivity contribution in [3.63, 3.8) is 0 Å². The molecule has 0 spiro atoms. The highest BCUT2D eigenvalue weighted by Crippen LogP contribution is 2.28. The van der Waals surface area contributed by atoms with Crippen molar-refractivity contribution in [1.29, 1.82) is 5.26 Å². The molecule has 0 saturated heterocycles. The van der Waals surface area contributed by atoms with E-state index in [0.717, 1.165) is 18.9 Å². The second-order valence-electron chi connectivity index (χ2n) is 5.37. The Morgan fingerprint density at radius 1 is 1.33 bits per heavy atom. The van der Waals surface area contributed by atoms with Crippen molar-refractivity contribution in [1.82, 2.24) is 4.90 Å². The van der Waals surface area contributed by atoms with Crippen LogP contribution >= 0.6 is 0 Å². The molecule has 1 aliphatic carbocycles. The Labute approximate surface area is 94.3 Å². The van der Waals surface area contributed by atoms with E-state index in [1.165, 1.54) is 32.4 Å². The van der Waals surface area contributed by atoms with Crippen molar-refractivity contribution in [2.45, 2.75) is 58.9 Å². The summed E-state index contributed by atoms with van der Waals surface area (Å²) >= 11 is 0. The summed E-state index contributed by atoms with van der Waals surface area (Å²) in [7, 11) is 0. The van der Waals surface area contributed by atoms with Crippen LogP contribution in [0.2, 0.25) is 0 Å². The molecule has 0 bridgehead atoms. The fourth-order valence-corrected chi connectivity index (χ4v) is 1.98. The van der Waals surface area contributed by atoms with Crippen LogP contribution in [0.4, 0.5) is 0 Å². The third-order valence-electron chi connectivity index (χ3n) is 3.12. The molecule has 2 heteroatoms. The molecule has 0 N–H and O–H groups in total. The molecular weight excluding hydrogens is 184 g/mol. The van der Waals surface area contributed by atoms with Crippen molar-refractivity contribution >= 4 is 0 Å². The normalized spacial score (nSPS) is 16.7. The van der Waals surface area contributed by atoms with Gasteiger partial charge in [0.1, 0.15) is 0 Å². The summed E-state index contributed by atoms with van der Waals surface area (Å²) < 4.78 is 0. The summed E-state index contributed by atoms with van der Waals surface area (Å²) in [6.07, 6.45) is 6.22. The van der Waals surface area contributed by atoms with E-state index in [2.05, 4.69) is 17.9 Å². The van der Waals surface area contributed by atoms with E-state index in [-0.39, 0.29) is 5.41 Å². The summed E-state index contributed by atoms with van der Waals surface area (Å²) in [5, 5.41) is 8.92. The molecule has 0 radical (unpaired) electrons. The number of nitriles is 1. The fourth-order valence-electron chi connectivity index (χ4n) is 1.98. The molecular formula is C13H24N2. The minimum atomic E-state index is -0.137. The Kier molecular flexibility index (Phi) is 4.60. The molecule has 0 unspecified atom stereocenters. The van der Waals surface area contributed by atoms with E-state index in [1.54, 1.807) is 0 Å². The smallest absolute Gasteiger partial charge is 0.0683 e. The van der Waals surface area contributed by atoms with E-state index in [9.17, 15) is 0 Å². The van der Waals surface area contributed by atoms with Crippen LogP contribution in [0.1, 0.15) is 52.9 Å². The van der Waals surface area contributed by atoms with Crippen molar-refractivity contribution in [2.24, 2.45) is 5.41 Å². The average molecular weight is 208 g/mol. The molecule has 0 atom stereocenters. The number of nitrogens with zero attached hydrogens (tertiary/aromatic N) is 2. The summed E-state index contributed by atoms with van der Waals surface area (Å²) in [5.41, 5.74) is -0.137. The predicted octanol–water partition coefficient (Wildman–Crippen LogP) is 3.19. The van der Waals surface area contributed by atoms with Crippen molar-refractivity contribution in [3.8, 4) is 6.07 Å². The van der Waals surface area contributed by atoms with E-state index < -0.39 is 0 Å². The zero-order valence-corrected chi connectivity index (χ0v) is 10.4. The van der Waals surface area contributed by atoms with Gasteiger partial charge in [0.25, 0.3) is 0 Å². The summed E-state index contributed by atoms with van der Waals surface area (Å²) in [4.78, 5) is 2.60. The molecule has 1 saturated carbocycles. The zero-order chi connectivity index (χ0) is 11.3. The van der Waals surface area contributed by atoms with Crippen molar-refractivity contribution in [2.75, 3.05) is 13.1 Å². The van der Waals surface area contributed by atoms with Gasteiger partial charge in [-0.05, 0) is 59.0 Å². The Morgan fingerprint density at radius 3 is 2.47 bits per heavy atom. The maximum Gasteiger partial charge on any atom is 0.0683 e. The van der Waals surface area contributed by atoms with Crippen LogP contribution in [0.25, 0.3) is 0 Å². The highest BCUT2D eigenvalue weighted by Gasteiger charge is 2.28. The van der Waals surface area contributed by atoms with Crippen molar-refractivity contribution in [3.05, 3.63) is 0 Å². The highest BCUT2D eigenvalue weighted by atomic mass is 15.2. The molecule has 2 nitrogen and oxygen atoms in total. The molecule has 0 heterocycles. The molecule has 0 amide bonds. The first-order chi connectivity index (χ1) is 7.09. The van der Waals surface area contributed by atoms with Gasteiger partial charge in [-0.1, -0.05) is 6.92 Å². The molecule has 15 heavy (non-hydrogen) atoms. The molecule has 1 rings (SSSR count). The van der Waals surface area contributed by atoms with E-state index in [0.29, 0.717) is 0 Å². The summed E-state index contributed by atoms with van der Waals surface area (Å²) in [5.74, 6) is 0. The average Bonchev–Trinajstić information content (AvgIpc) is 3.00. The summed E-state index contributed by atoms with van der Waals surface area (Å²) in [6.45, 7) is 8.73. The van der Waals surface area contributed by atoms with Gasteiger partial charge in [-0.2, -0.15) is 5.26 Å².